The number of aryl methyl sites for hydroxylation is 1. The molecular formula is C18H22BrN3O2S. The predicted octanol–water partition coefficient (Wildman–Crippen LogP) is 3.63. The Morgan fingerprint density at radius 3 is 2.88 bits per heavy atom. The summed E-state index contributed by atoms with van der Waals surface area (Å²) in [6, 6.07) is 6.21. The molecule has 1 fully saturated rings. The van der Waals surface area contributed by atoms with E-state index in [1.54, 1.807) is 18.4 Å². The molecule has 0 unspecified atom stereocenters. The van der Waals surface area contributed by atoms with Crippen molar-refractivity contribution in [1.82, 2.24) is 10.3 Å². The van der Waals surface area contributed by atoms with Crippen molar-refractivity contribution >= 4 is 38.3 Å². The molecule has 0 spiro atoms. The van der Waals surface area contributed by atoms with Crippen LogP contribution in [0.25, 0.3) is 0 Å². The highest BCUT2D eigenvalue weighted by Gasteiger charge is 2.21. The van der Waals surface area contributed by atoms with Crippen molar-refractivity contribution in [2.24, 2.45) is 0 Å². The van der Waals surface area contributed by atoms with Crippen LogP contribution in [0.4, 0.5) is 5.13 Å². The van der Waals surface area contributed by atoms with Gasteiger partial charge in [0, 0.05) is 37.1 Å². The number of carbonyl (C=O) groups excluding carboxylic acids is 1. The number of ether oxygens (including phenoxy) is 1. The van der Waals surface area contributed by atoms with Gasteiger partial charge < -0.3 is 15.0 Å². The Morgan fingerprint density at radius 2 is 2.24 bits per heavy atom. The topological polar surface area (TPSA) is 54.5 Å². The first-order chi connectivity index (χ1) is 12.2. The number of methoxy groups -OCH3 is 1. The number of thiazole rings is 1. The van der Waals surface area contributed by atoms with Gasteiger partial charge in [-0.2, -0.15) is 0 Å². The Kier molecular flexibility index (Phi) is 6.31. The molecule has 1 aliphatic rings. The number of halogens is 1. The van der Waals surface area contributed by atoms with E-state index in [0.717, 1.165) is 53.3 Å². The van der Waals surface area contributed by atoms with E-state index in [0.29, 0.717) is 6.42 Å². The van der Waals surface area contributed by atoms with E-state index in [1.165, 1.54) is 0 Å². The van der Waals surface area contributed by atoms with Crippen molar-refractivity contribution in [3.63, 3.8) is 0 Å². The summed E-state index contributed by atoms with van der Waals surface area (Å²) in [5.74, 6) is 0.930. The van der Waals surface area contributed by atoms with E-state index in [4.69, 9.17) is 4.74 Å². The number of nitrogens with one attached hydrogen (secondary N) is 1. The molecule has 2 heterocycles. The number of aromatic nitrogens is 1. The Morgan fingerprint density at radius 1 is 1.44 bits per heavy atom. The van der Waals surface area contributed by atoms with Crippen LogP contribution in [0.5, 0.6) is 5.75 Å². The molecule has 2 aromatic rings. The normalized spacial score (nSPS) is 15.2. The van der Waals surface area contributed by atoms with Crippen molar-refractivity contribution in [3.05, 3.63) is 39.8 Å². The summed E-state index contributed by atoms with van der Waals surface area (Å²) in [7, 11) is 1.65. The minimum absolute atomic E-state index is 0.125. The highest BCUT2D eigenvalue weighted by atomic mass is 79.9. The fraction of sp³-hybridized carbons (Fsp3) is 0.444. The van der Waals surface area contributed by atoms with Gasteiger partial charge >= 0.3 is 0 Å². The van der Waals surface area contributed by atoms with Crippen LogP contribution >= 0.6 is 27.3 Å². The molecule has 1 amide bonds. The minimum Gasteiger partial charge on any atom is -0.496 e. The highest BCUT2D eigenvalue weighted by Crippen LogP contribution is 2.26. The Bertz CT molecular complexity index is 700. The van der Waals surface area contributed by atoms with Crippen LogP contribution in [-0.2, 0) is 11.2 Å². The second-order valence-corrected chi connectivity index (χ2v) is 7.84. The van der Waals surface area contributed by atoms with Gasteiger partial charge in [-0.3, -0.25) is 4.79 Å². The SMILES string of the molecule is COc1ccc(CCC(=O)NC2CCN(c3nccs3)CC2)cc1Br. The third-order valence-electron chi connectivity index (χ3n) is 4.41. The molecule has 0 bridgehead atoms. The lowest BCUT2D eigenvalue weighted by molar-refractivity contribution is -0.121. The summed E-state index contributed by atoms with van der Waals surface area (Å²) < 4.78 is 6.15. The fourth-order valence-electron chi connectivity index (χ4n) is 3.01. The van der Waals surface area contributed by atoms with Crippen molar-refractivity contribution in [1.29, 1.82) is 0 Å². The number of hydrogen-bond donors (Lipinski definition) is 1. The van der Waals surface area contributed by atoms with Crippen LogP contribution in [0.15, 0.2) is 34.2 Å². The van der Waals surface area contributed by atoms with E-state index < -0.39 is 0 Å². The third kappa shape index (κ3) is 4.95. The van der Waals surface area contributed by atoms with E-state index in [1.807, 2.05) is 29.8 Å². The number of hydrogen-bond acceptors (Lipinski definition) is 5. The molecule has 1 N–H and O–H groups in total. The minimum atomic E-state index is 0.125. The zero-order valence-electron chi connectivity index (χ0n) is 14.2. The second-order valence-electron chi connectivity index (χ2n) is 6.11. The van der Waals surface area contributed by atoms with Gasteiger partial charge in [0.25, 0.3) is 0 Å². The molecule has 7 heteroatoms. The zero-order chi connectivity index (χ0) is 17.6. The number of benzene rings is 1. The average Bonchev–Trinajstić information content (AvgIpc) is 3.15. The first-order valence-corrected chi connectivity index (χ1v) is 10.1. The van der Waals surface area contributed by atoms with Crippen molar-refractivity contribution < 1.29 is 9.53 Å². The summed E-state index contributed by atoms with van der Waals surface area (Å²) in [6.45, 7) is 1.90. The van der Waals surface area contributed by atoms with Crippen LogP contribution in [0.2, 0.25) is 0 Å². The highest BCUT2D eigenvalue weighted by molar-refractivity contribution is 9.10. The van der Waals surface area contributed by atoms with Crippen LogP contribution in [0.1, 0.15) is 24.8 Å². The van der Waals surface area contributed by atoms with Crippen LogP contribution in [-0.4, -0.2) is 37.1 Å². The summed E-state index contributed by atoms with van der Waals surface area (Å²) in [4.78, 5) is 18.9. The molecule has 25 heavy (non-hydrogen) atoms. The van der Waals surface area contributed by atoms with Gasteiger partial charge in [-0.1, -0.05) is 6.07 Å². The molecule has 5 nitrogen and oxygen atoms in total. The molecule has 1 aromatic carbocycles. The molecule has 1 saturated heterocycles. The lowest BCUT2D eigenvalue weighted by atomic mass is 10.0. The van der Waals surface area contributed by atoms with Crippen LogP contribution in [0.3, 0.4) is 0 Å². The first-order valence-electron chi connectivity index (χ1n) is 8.42. The van der Waals surface area contributed by atoms with Gasteiger partial charge in [0.05, 0.1) is 11.6 Å². The van der Waals surface area contributed by atoms with Crippen molar-refractivity contribution in [2.45, 2.75) is 31.7 Å². The molecule has 3 rings (SSSR count). The van der Waals surface area contributed by atoms with E-state index >= 15 is 0 Å². The monoisotopic (exact) mass is 423 g/mol. The maximum absolute atomic E-state index is 12.2. The molecule has 0 atom stereocenters. The van der Waals surface area contributed by atoms with Gasteiger partial charge in [0.15, 0.2) is 5.13 Å². The number of piperidine rings is 1. The van der Waals surface area contributed by atoms with E-state index in [-0.39, 0.29) is 11.9 Å². The number of rotatable bonds is 6. The predicted molar refractivity (Wildman–Crippen MR) is 105 cm³/mol. The van der Waals surface area contributed by atoms with Crippen molar-refractivity contribution in [3.8, 4) is 5.75 Å². The largest absolute Gasteiger partial charge is 0.496 e. The van der Waals surface area contributed by atoms with Gasteiger partial charge in [0.1, 0.15) is 5.75 Å². The fourth-order valence-corrected chi connectivity index (χ4v) is 4.30. The second kappa shape index (κ2) is 8.67. The van der Waals surface area contributed by atoms with Gasteiger partial charge in [-0.25, -0.2) is 4.98 Å². The lowest BCUT2D eigenvalue weighted by Gasteiger charge is -2.32. The molecule has 0 saturated carbocycles. The number of carbonyl (C=O) groups is 1. The Hall–Kier alpha value is -1.60. The maximum Gasteiger partial charge on any atom is 0.220 e. The first kappa shape index (κ1) is 18.2. The van der Waals surface area contributed by atoms with E-state index in [9.17, 15) is 4.79 Å². The third-order valence-corrected chi connectivity index (χ3v) is 5.86. The van der Waals surface area contributed by atoms with Gasteiger partial charge in [-0.15, -0.1) is 11.3 Å². The molecule has 1 aliphatic heterocycles. The molecular weight excluding hydrogens is 402 g/mol. The summed E-state index contributed by atoms with van der Waals surface area (Å²) >= 11 is 5.15. The molecule has 0 radical (unpaired) electrons. The quantitative estimate of drug-likeness (QED) is 0.770. The number of nitrogens with zero attached hydrogens (tertiary/aromatic N) is 2. The number of anilines is 1. The standard InChI is InChI=1S/C18H22BrN3O2S/c1-24-16-4-2-13(12-15(16)19)3-5-17(23)21-14-6-9-22(10-7-14)18-20-8-11-25-18/h2,4,8,11-12,14H,3,5-7,9-10H2,1H3,(H,21,23). The molecule has 1 aromatic heterocycles. The summed E-state index contributed by atoms with van der Waals surface area (Å²) in [6.07, 6.45) is 5.02. The van der Waals surface area contributed by atoms with Crippen molar-refractivity contribution in [2.75, 3.05) is 25.1 Å². The van der Waals surface area contributed by atoms with Crippen LogP contribution < -0.4 is 15.0 Å². The van der Waals surface area contributed by atoms with E-state index in [2.05, 4.69) is 31.1 Å². The summed E-state index contributed by atoms with van der Waals surface area (Å²) in [5.41, 5.74) is 1.13. The lowest BCUT2D eigenvalue weighted by Crippen LogP contribution is -2.44. The zero-order valence-corrected chi connectivity index (χ0v) is 16.6. The molecule has 0 aliphatic carbocycles. The van der Waals surface area contributed by atoms with Crippen LogP contribution in [0, 0.1) is 0 Å². The summed E-state index contributed by atoms with van der Waals surface area (Å²) in [5, 5.41) is 6.25. The smallest absolute Gasteiger partial charge is 0.220 e. The maximum atomic E-state index is 12.2. The number of amides is 1. The van der Waals surface area contributed by atoms with Gasteiger partial charge in [-0.05, 0) is 52.9 Å². The average molecular weight is 424 g/mol. The molecule has 134 valence electrons. The Labute approximate surface area is 160 Å². The Balaban J connectivity index is 1.42. The van der Waals surface area contributed by atoms with Gasteiger partial charge in [0.2, 0.25) is 5.91 Å².